The molecule has 0 radical (unpaired) electrons. The number of rotatable bonds is 16. The van der Waals surface area contributed by atoms with Crippen LogP contribution in [0.1, 0.15) is 35.3 Å². The van der Waals surface area contributed by atoms with E-state index in [0.717, 1.165) is 4.90 Å². The monoisotopic (exact) mass is 716 g/mol. The Balaban J connectivity index is 0.00000616. The molecule has 0 amide bonds. The van der Waals surface area contributed by atoms with Crippen molar-refractivity contribution in [2.45, 2.75) is 45.4 Å². The number of hydrogen-bond donors (Lipinski definition) is 1. The van der Waals surface area contributed by atoms with Crippen molar-refractivity contribution >= 4 is 84.8 Å². The van der Waals surface area contributed by atoms with Crippen LogP contribution in [0.15, 0.2) is 25.6 Å². The van der Waals surface area contributed by atoms with Gasteiger partial charge in [-0.1, -0.05) is 0 Å². The van der Waals surface area contributed by atoms with Crippen molar-refractivity contribution in [3.8, 4) is 17.2 Å². The summed E-state index contributed by atoms with van der Waals surface area (Å²) in [4.78, 5) is 11.8. The van der Waals surface area contributed by atoms with Crippen LogP contribution in [-0.2, 0) is 11.3 Å². The van der Waals surface area contributed by atoms with Gasteiger partial charge in [-0.25, -0.2) is 4.39 Å². The molecule has 1 atom stereocenters. The molecule has 1 aliphatic heterocycles. The van der Waals surface area contributed by atoms with Crippen LogP contribution >= 0.6 is 73.1 Å². The number of amidine groups is 1. The number of Topliss-reactive ketones (excluding diaryl/α,β-unsaturated/α-hetero) is 1. The fraction of sp³-hybridized carbons (Fsp3) is 0.391. The molecule has 0 spiro atoms. The number of halogens is 7. The average molecular weight is 717 g/mol. The smallest absolute Gasteiger partial charge is 0.197 e. The van der Waals surface area contributed by atoms with Gasteiger partial charge in [0.05, 0.1) is 113 Å². The van der Waals surface area contributed by atoms with Crippen LogP contribution in [0.2, 0.25) is 0 Å². The van der Waals surface area contributed by atoms with Gasteiger partial charge in [0.2, 0.25) is 0 Å². The molecule has 1 N–H and O–H groups in total. The van der Waals surface area contributed by atoms with E-state index in [1.54, 1.807) is 13.8 Å². The maximum absolute atomic E-state index is 15.4. The van der Waals surface area contributed by atoms with Crippen LogP contribution in [-0.4, -0.2) is 55.4 Å². The molecule has 7 nitrogen and oxygen atoms in total. The Morgan fingerprint density at radius 3 is 2.12 bits per heavy atom. The molecule has 0 bridgehead atoms. The molecule has 1 aliphatic rings. The Kier molecular flexibility index (Phi) is 15.0. The predicted octanol–water partition coefficient (Wildman–Crippen LogP) is 8.94. The van der Waals surface area contributed by atoms with Gasteiger partial charge in [-0.05, 0) is 25.5 Å². The van der Waals surface area contributed by atoms with Crippen molar-refractivity contribution in [2.75, 3.05) is 33.5 Å². The van der Waals surface area contributed by atoms with Gasteiger partial charge in [-0.15, -0.1) is 12.4 Å². The van der Waals surface area contributed by atoms with E-state index < -0.39 is 116 Å². The average Bonchev–Trinajstić information content (AvgIpc) is 3.27. The summed E-state index contributed by atoms with van der Waals surface area (Å²) in [5, 5.41) is 8.51. The largest absolute Gasteiger partial charge is 0.490 e. The van der Waals surface area contributed by atoms with Crippen molar-refractivity contribution in [2.24, 2.45) is 0 Å². The summed E-state index contributed by atoms with van der Waals surface area (Å²) in [6, 6.07) is 1.47. The fourth-order valence-electron chi connectivity index (χ4n) is 4.04. The number of carbonyl (C=O) groups is 1. The molecule has 0 aliphatic carbocycles. The highest BCUT2D eigenvalue weighted by Crippen LogP contribution is 2.53. The number of nitrogens with zero attached hydrogens (tertiary/aromatic N) is 1. The molecule has 19 heteroatoms. The summed E-state index contributed by atoms with van der Waals surface area (Å²) in [5.41, 5.74) is -2.04. The molecule has 0 aromatic heterocycles. The van der Waals surface area contributed by atoms with Crippen LogP contribution in [0.4, 0.5) is 23.8 Å². The lowest BCUT2D eigenvalue weighted by Crippen LogP contribution is -2.31. The molecule has 3 rings (SSSR count). The number of ether oxygens (including phenoxy) is 4. The van der Waals surface area contributed by atoms with Crippen molar-refractivity contribution < 1.29 is 47.6 Å². The maximum atomic E-state index is 15.4. The first-order valence-corrected chi connectivity index (χ1v) is 15.2. The summed E-state index contributed by atoms with van der Waals surface area (Å²) in [6.07, 6.45) is 0. The second-order valence-electron chi connectivity index (χ2n) is 7.97. The van der Waals surface area contributed by atoms with E-state index in [2.05, 4.69) is 0 Å². The molecule has 0 saturated carbocycles. The summed E-state index contributed by atoms with van der Waals surface area (Å²) in [5.74, 6) is -3.16. The standard InChI is InChI=1S/C23H22F6N2O5S5.ClH/c1-4-34-12-6-10-7-31(23(30)14(10)16(24)17(12)35-5-2)8-11(32)15-19(38-26)18(36-13(37-25)9-33-3)21(40-28)22(41-29)20(15)39-27;/h6,13,30H,4-5,7-9H2,1-3H3;1H. The van der Waals surface area contributed by atoms with Gasteiger partial charge in [0.25, 0.3) is 0 Å². The topological polar surface area (TPSA) is 81.1 Å². The van der Waals surface area contributed by atoms with Crippen molar-refractivity contribution in [3.63, 3.8) is 0 Å². The van der Waals surface area contributed by atoms with Crippen LogP contribution in [0.5, 0.6) is 17.2 Å². The zero-order valence-corrected chi connectivity index (χ0v) is 26.8. The zero-order valence-electron chi connectivity index (χ0n) is 21.9. The third-order valence-corrected chi connectivity index (χ3v) is 8.53. The number of carbonyl (C=O) groups excluding carboxylic acids is 1. The van der Waals surface area contributed by atoms with E-state index in [4.69, 9.17) is 24.4 Å². The fourth-order valence-corrected chi connectivity index (χ4v) is 6.64. The number of hydrogen-bond acceptors (Lipinski definition) is 11. The minimum Gasteiger partial charge on any atom is -0.490 e. The lowest BCUT2D eigenvalue weighted by molar-refractivity contribution is 0.0952. The van der Waals surface area contributed by atoms with E-state index in [1.807, 2.05) is 0 Å². The van der Waals surface area contributed by atoms with Gasteiger partial charge in [-0.2, -0.15) is 19.4 Å². The first-order valence-electron chi connectivity index (χ1n) is 11.6. The summed E-state index contributed by atoms with van der Waals surface area (Å²) in [7, 11) is 1.21. The minimum atomic E-state index is -1.47. The third kappa shape index (κ3) is 7.43. The lowest BCUT2D eigenvalue weighted by atomic mass is 10.1. The van der Waals surface area contributed by atoms with Gasteiger partial charge < -0.3 is 23.8 Å². The minimum absolute atomic E-state index is 0. The van der Waals surface area contributed by atoms with Crippen LogP contribution in [0.25, 0.3) is 0 Å². The van der Waals surface area contributed by atoms with E-state index >= 15 is 4.39 Å². The van der Waals surface area contributed by atoms with Crippen molar-refractivity contribution in [3.05, 3.63) is 28.6 Å². The highest BCUT2D eigenvalue weighted by atomic mass is 35.5. The van der Waals surface area contributed by atoms with Crippen LogP contribution < -0.4 is 14.2 Å². The molecule has 2 aromatic carbocycles. The number of ketones is 1. The molecule has 0 saturated heterocycles. The van der Waals surface area contributed by atoms with E-state index in [9.17, 15) is 24.2 Å². The summed E-state index contributed by atoms with van der Waals surface area (Å²) >= 11 is -2.84. The molecular formula is C23H23ClF6N2O5S5. The Labute approximate surface area is 266 Å². The Morgan fingerprint density at radius 2 is 1.60 bits per heavy atom. The molecule has 0 fully saturated rings. The molecule has 42 heavy (non-hydrogen) atoms. The normalized spacial score (nSPS) is 13.1. The first kappa shape index (κ1) is 36.8. The van der Waals surface area contributed by atoms with Crippen LogP contribution in [0, 0.1) is 11.2 Å². The molecule has 1 unspecified atom stereocenters. The SMILES string of the molecule is CCOc1cc2c(c(F)c1OCC)C(=N)N(CC(=O)c1c(SF)c(OC(COC)SF)c(SF)c(SF)c1SF)C2.Cl. The second kappa shape index (κ2) is 17.2. The predicted molar refractivity (Wildman–Crippen MR) is 157 cm³/mol. The van der Waals surface area contributed by atoms with Crippen molar-refractivity contribution in [1.82, 2.24) is 4.90 Å². The summed E-state index contributed by atoms with van der Waals surface area (Å²) < 4.78 is 106. The lowest BCUT2D eigenvalue weighted by Gasteiger charge is -2.23. The quantitative estimate of drug-likeness (QED) is 0.103. The number of methoxy groups -OCH3 is 1. The molecular weight excluding hydrogens is 694 g/mol. The highest BCUT2D eigenvalue weighted by molar-refractivity contribution is 7.99. The van der Waals surface area contributed by atoms with Gasteiger partial charge >= 0.3 is 0 Å². The third-order valence-electron chi connectivity index (χ3n) is 5.62. The first-order chi connectivity index (χ1) is 19.8. The molecule has 234 valence electrons. The number of nitrogens with one attached hydrogen (secondary N) is 1. The van der Waals surface area contributed by atoms with E-state index in [1.165, 1.54) is 13.2 Å². The number of fused-ring (bicyclic) bond motifs is 1. The Hall–Kier alpha value is -1.44. The molecule has 2 aromatic rings. The van der Waals surface area contributed by atoms with Gasteiger partial charge in [-0.3, -0.25) is 10.2 Å². The Morgan fingerprint density at radius 1 is 0.976 bits per heavy atom. The summed E-state index contributed by atoms with van der Waals surface area (Å²) in [6.45, 7) is 2.38. The van der Waals surface area contributed by atoms with Gasteiger partial charge in [0.1, 0.15) is 10.7 Å². The maximum Gasteiger partial charge on any atom is 0.197 e. The van der Waals surface area contributed by atoms with E-state index in [0.29, 0.717) is 5.56 Å². The highest BCUT2D eigenvalue weighted by Gasteiger charge is 2.37. The van der Waals surface area contributed by atoms with E-state index in [-0.39, 0.29) is 61.4 Å². The Bertz CT molecular complexity index is 1300. The van der Waals surface area contributed by atoms with Gasteiger partial charge in [0.15, 0.2) is 34.3 Å². The number of benzene rings is 2. The molecule has 1 heterocycles. The van der Waals surface area contributed by atoms with Crippen molar-refractivity contribution in [1.29, 1.82) is 5.41 Å². The van der Waals surface area contributed by atoms with Crippen LogP contribution in [0.3, 0.4) is 0 Å². The second-order valence-corrected chi connectivity index (χ2v) is 10.9. The zero-order chi connectivity index (χ0) is 30.3. The van der Waals surface area contributed by atoms with Gasteiger partial charge in [0, 0.05) is 13.7 Å².